The molecule has 0 amide bonds. The molecular formula is C29H33N3O3. The van der Waals surface area contributed by atoms with Gasteiger partial charge in [0.1, 0.15) is 12.0 Å². The van der Waals surface area contributed by atoms with E-state index < -0.39 is 5.97 Å². The molecule has 2 N–H and O–H groups in total. The van der Waals surface area contributed by atoms with Crippen molar-refractivity contribution < 1.29 is 14.7 Å². The van der Waals surface area contributed by atoms with Gasteiger partial charge >= 0.3 is 5.97 Å². The van der Waals surface area contributed by atoms with Crippen LogP contribution in [-0.4, -0.2) is 28.8 Å². The molecule has 3 aromatic carbocycles. The van der Waals surface area contributed by atoms with Crippen LogP contribution in [0, 0.1) is 20.8 Å². The highest BCUT2D eigenvalue weighted by molar-refractivity contribution is 5.95. The minimum absolute atomic E-state index is 0.0391. The minimum atomic E-state index is -0.900. The highest BCUT2D eigenvalue weighted by atomic mass is 16.6. The lowest BCUT2D eigenvalue weighted by Crippen LogP contribution is -2.19. The maximum atomic E-state index is 10.9. The van der Waals surface area contributed by atoms with Crippen LogP contribution < -0.4 is 10.7 Å². The Bertz CT molecular complexity index is 1420. The smallest absolute Gasteiger partial charge is 0.306 e. The lowest BCUT2D eigenvalue weighted by Gasteiger charge is -2.19. The van der Waals surface area contributed by atoms with Crippen LogP contribution in [0.3, 0.4) is 0 Å². The van der Waals surface area contributed by atoms with Crippen LogP contribution in [0.25, 0.3) is 21.8 Å². The highest BCUT2D eigenvalue weighted by Crippen LogP contribution is 2.25. The third-order valence-electron chi connectivity index (χ3n) is 6.55. The molecule has 6 heteroatoms. The van der Waals surface area contributed by atoms with Gasteiger partial charge in [0.25, 0.3) is 0 Å². The van der Waals surface area contributed by atoms with Crippen LogP contribution in [0.4, 0.5) is 0 Å². The highest BCUT2D eigenvalue weighted by Gasteiger charge is 2.13. The zero-order chi connectivity index (χ0) is 24.8. The number of fused-ring (bicyclic) bond motifs is 2. The molecular weight excluding hydrogens is 438 g/mol. The van der Waals surface area contributed by atoms with Gasteiger partial charge in [0, 0.05) is 23.9 Å². The van der Waals surface area contributed by atoms with Crippen molar-refractivity contribution in [1.29, 1.82) is 0 Å². The molecule has 0 spiro atoms. The Kier molecular flexibility index (Phi) is 7.83. The molecule has 0 atom stereocenters. The monoisotopic (exact) mass is 471 g/mol. The van der Waals surface area contributed by atoms with E-state index in [1.807, 2.05) is 12.1 Å². The number of rotatable bonds is 10. The molecule has 0 saturated heterocycles. The summed E-state index contributed by atoms with van der Waals surface area (Å²) >= 11 is 0. The number of hydrogen-bond donors (Lipinski definition) is 2. The molecule has 4 rings (SSSR count). The summed E-state index contributed by atoms with van der Waals surface area (Å²) in [6.07, 6.45) is 0.897. The predicted octanol–water partition coefficient (Wildman–Crippen LogP) is 5.21. The van der Waals surface area contributed by atoms with Crippen molar-refractivity contribution in [3.63, 3.8) is 0 Å². The average molecular weight is 472 g/mol. The second-order valence-electron chi connectivity index (χ2n) is 8.95. The molecule has 35 heavy (non-hydrogen) atoms. The number of para-hydroxylation sites is 1. The third-order valence-corrected chi connectivity index (χ3v) is 6.55. The molecule has 0 saturated carbocycles. The Labute approximate surface area is 205 Å². The summed E-state index contributed by atoms with van der Waals surface area (Å²) in [7, 11) is 0. The number of hydrogen-bond acceptors (Lipinski definition) is 4. The molecule has 6 nitrogen and oxygen atoms in total. The average Bonchev–Trinajstić information content (AvgIpc) is 2.85. The zero-order valence-corrected chi connectivity index (χ0v) is 20.7. The van der Waals surface area contributed by atoms with Crippen LogP contribution in [0.1, 0.15) is 35.1 Å². The minimum Gasteiger partial charge on any atom is -0.481 e. The van der Waals surface area contributed by atoms with Crippen LogP contribution in [-0.2, 0) is 22.7 Å². The van der Waals surface area contributed by atoms with Gasteiger partial charge in [-0.2, -0.15) is 0 Å². The van der Waals surface area contributed by atoms with Crippen molar-refractivity contribution >= 4 is 27.8 Å². The second-order valence-corrected chi connectivity index (χ2v) is 8.95. The van der Waals surface area contributed by atoms with Crippen LogP contribution in [0.2, 0.25) is 0 Å². The number of aryl methyl sites for hydroxylation is 4. The molecule has 0 radical (unpaired) electrons. The largest absolute Gasteiger partial charge is 0.481 e. The van der Waals surface area contributed by atoms with E-state index >= 15 is 0 Å². The van der Waals surface area contributed by atoms with Gasteiger partial charge in [-0.05, 0) is 62.1 Å². The van der Waals surface area contributed by atoms with E-state index in [1.54, 1.807) is 0 Å². The van der Waals surface area contributed by atoms with Gasteiger partial charge in [0.2, 0.25) is 0 Å². The lowest BCUT2D eigenvalue weighted by atomic mass is 10.0. The Hall–Kier alpha value is -3.64. The normalized spacial score (nSPS) is 11.9. The van der Waals surface area contributed by atoms with E-state index in [0.717, 1.165) is 53.2 Å². The van der Waals surface area contributed by atoms with E-state index in [4.69, 9.17) is 9.94 Å². The fourth-order valence-electron chi connectivity index (χ4n) is 4.48. The summed E-state index contributed by atoms with van der Waals surface area (Å²) in [5, 5.41) is 19.7. The molecule has 1 aromatic heterocycles. The summed E-state index contributed by atoms with van der Waals surface area (Å²) in [5.41, 5.74) is 7.30. The number of benzene rings is 3. The summed E-state index contributed by atoms with van der Waals surface area (Å²) in [4.78, 5) is 16.3. The molecule has 0 unspecified atom stereocenters. The van der Waals surface area contributed by atoms with E-state index in [0.29, 0.717) is 0 Å². The van der Waals surface area contributed by atoms with Crippen molar-refractivity contribution in [3.8, 4) is 0 Å². The first-order valence-electron chi connectivity index (χ1n) is 12.1. The number of carbonyl (C=O) groups is 1. The van der Waals surface area contributed by atoms with Crippen molar-refractivity contribution in [2.24, 2.45) is 5.16 Å². The van der Waals surface area contributed by atoms with Gasteiger partial charge in [0.05, 0.1) is 17.5 Å². The molecule has 0 bridgehead atoms. The van der Waals surface area contributed by atoms with E-state index in [2.05, 4.69) is 84.3 Å². The van der Waals surface area contributed by atoms with E-state index in [1.165, 1.54) is 22.3 Å². The molecule has 182 valence electrons. The maximum absolute atomic E-state index is 10.9. The summed E-state index contributed by atoms with van der Waals surface area (Å²) in [6, 6.07) is 20.9. The van der Waals surface area contributed by atoms with Gasteiger partial charge in [0.15, 0.2) is 0 Å². The third kappa shape index (κ3) is 5.54. The maximum Gasteiger partial charge on any atom is 0.306 e. The van der Waals surface area contributed by atoms with Gasteiger partial charge in [-0.15, -0.1) is 0 Å². The Balaban J connectivity index is 1.66. The van der Waals surface area contributed by atoms with Gasteiger partial charge in [-0.3, -0.25) is 4.79 Å². The quantitative estimate of drug-likeness (QED) is 0.189. The van der Waals surface area contributed by atoms with Gasteiger partial charge in [-0.25, -0.2) is 0 Å². The number of pyridine rings is 1. The Morgan fingerprint density at radius 2 is 1.74 bits per heavy atom. The summed E-state index contributed by atoms with van der Waals surface area (Å²) < 4.78 is 2.39. The lowest BCUT2D eigenvalue weighted by molar-refractivity contribution is -0.138. The summed E-state index contributed by atoms with van der Waals surface area (Å²) in [6.45, 7) is 9.09. The van der Waals surface area contributed by atoms with Crippen LogP contribution >= 0.6 is 0 Å². The van der Waals surface area contributed by atoms with Gasteiger partial charge < -0.3 is 19.8 Å². The number of carboxylic acid groups (broad SMARTS) is 1. The topological polar surface area (TPSA) is 75.8 Å². The first-order valence-corrected chi connectivity index (χ1v) is 12.1. The van der Waals surface area contributed by atoms with Crippen LogP contribution in [0.5, 0.6) is 0 Å². The molecule has 0 fully saturated rings. The van der Waals surface area contributed by atoms with Gasteiger partial charge in [-0.1, -0.05) is 59.8 Å². The Morgan fingerprint density at radius 3 is 2.54 bits per heavy atom. The first-order chi connectivity index (χ1) is 17.0. The zero-order valence-electron chi connectivity index (χ0n) is 20.7. The fraction of sp³-hybridized carbons (Fsp3) is 0.310. The Morgan fingerprint density at radius 1 is 0.971 bits per heavy atom. The SMILES string of the molecule is Cc1ccccc1CNCCCn1c2ccccc2c(=NOCCC(=O)O)c2ccc(C)c(C)c21. The van der Waals surface area contributed by atoms with Crippen molar-refractivity contribution in [3.05, 3.63) is 88.3 Å². The number of carboxylic acids is 1. The van der Waals surface area contributed by atoms with E-state index in [9.17, 15) is 4.79 Å². The molecule has 4 aromatic rings. The predicted molar refractivity (Wildman–Crippen MR) is 140 cm³/mol. The van der Waals surface area contributed by atoms with Crippen molar-refractivity contribution in [2.75, 3.05) is 13.2 Å². The van der Waals surface area contributed by atoms with Crippen LogP contribution in [0.15, 0.2) is 65.8 Å². The van der Waals surface area contributed by atoms with E-state index in [-0.39, 0.29) is 13.0 Å². The number of nitrogens with zero attached hydrogens (tertiary/aromatic N) is 2. The standard InChI is InChI=1S/C29H33N3O3/c1-20-13-14-25-28(31-35-18-15-27(33)34)24-11-6-7-12-26(24)32(29(25)22(20)3)17-8-16-30-19-23-10-5-4-9-21(23)2/h4-7,9-14,30H,8,15-19H2,1-3H3,(H,33,34). The molecule has 1 heterocycles. The molecule has 0 aliphatic rings. The number of aliphatic carboxylic acids is 1. The first kappa shape index (κ1) is 24.5. The summed E-state index contributed by atoms with van der Waals surface area (Å²) in [5.74, 6) is -0.900. The van der Waals surface area contributed by atoms with Crippen molar-refractivity contribution in [1.82, 2.24) is 9.88 Å². The molecule has 0 aliphatic carbocycles. The second kappa shape index (κ2) is 11.2. The molecule has 0 aliphatic heterocycles. The van der Waals surface area contributed by atoms with Crippen molar-refractivity contribution in [2.45, 2.75) is 46.7 Å². The number of aromatic nitrogens is 1. The fourth-order valence-corrected chi connectivity index (χ4v) is 4.48. The number of nitrogens with one attached hydrogen (secondary N) is 1.